The van der Waals surface area contributed by atoms with Gasteiger partial charge in [0, 0.05) is 18.5 Å². The molecule has 0 radical (unpaired) electrons. The SMILES string of the molecule is O=C(O)/C(O)=C/C(=O)c1cnn(Cc2ccncc2)n1. The van der Waals surface area contributed by atoms with Gasteiger partial charge in [0.15, 0.2) is 5.69 Å². The van der Waals surface area contributed by atoms with Crippen LogP contribution in [0.2, 0.25) is 0 Å². The molecular formula is C12H10N4O4. The van der Waals surface area contributed by atoms with Crippen molar-refractivity contribution in [3.63, 3.8) is 0 Å². The summed E-state index contributed by atoms with van der Waals surface area (Å²) < 4.78 is 0. The summed E-state index contributed by atoms with van der Waals surface area (Å²) >= 11 is 0. The number of ketones is 1. The maximum Gasteiger partial charge on any atom is 0.371 e. The summed E-state index contributed by atoms with van der Waals surface area (Å²) in [6, 6.07) is 3.56. The van der Waals surface area contributed by atoms with Crippen LogP contribution in [0, 0.1) is 0 Å². The molecule has 2 N–H and O–H groups in total. The van der Waals surface area contributed by atoms with Crippen LogP contribution >= 0.6 is 0 Å². The normalized spacial score (nSPS) is 11.3. The Morgan fingerprint density at radius 3 is 2.60 bits per heavy atom. The first-order valence-electron chi connectivity index (χ1n) is 5.53. The lowest BCUT2D eigenvalue weighted by Crippen LogP contribution is -2.07. The minimum absolute atomic E-state index is 0.0492. The van der Waals surface area contributed by atoms with Gasteiger partial charge < -0.3 is 10.2 Å². The van der Waals surface area contributed by atoms with Crippen LogP contribution in [0.25, 0.3) is 0 Å². The number of rotatable bonds is 5. The topological polar surface area (TPSA) is 118 Å². The highest BCUT2D eigenvalue weighted by atomic mass is 16.4. The number of aliphatic carboxylic acids is 1. The Hall–Kier alpha value is -3.03. The first-order chi connectivity index (χ1) is 9.56. The summed E-state index contributed by atoms with van der Waals surface area (Å²) in [5.41, 5.74) is 0.852. The second-order valence-electron chi connectivity index (χ2n) is 3.81. The van der Waals surface area contributed by atoms with Gasteiger partial charge in [0.2, 0.25) is 11.5 Å². The van der Waals surface area contributed by atoms with E-state index in [0.717, 1.165) is 5.56 Å². The summed E-state index contributed by atoms with van der Waals surface area (Å²) in [5.74, 6) is -3.35. The number of carboxylic acids is 1. The second kappa shape index (κ2) is 5.74. The number of carbonyl (C=O) groups excluding carboxylic acids is 1. The predicted molar refractivity (Wildman–Crippen MR) is 66.0 cm³/mol. The van der Waals surface area contributed by atoms with Crippen LogP contribution in [-0.4, -0.2) is 41.9 Å². The van der Waals surface area contributed by atoms with Crippen molar-refractivity contribution in [1.29, 1.82) is 0 Å². The number of aliphatic hydroxyl groups is 1. The highest BCUT2D eigenvalue weighted by Crippen LogP contribution is 2.02. The fourth-order valence-electron chi connectivity index (χ4n) is 1.40. The molecule has 0 amide bonds. The molecule has 0 saturated heterocycles. The minimum Gasteiger partial charge on any atom is -0.502 e. The molecule has 20 heavy (non-hydrogen) atoms. The van der Waals surface area contributed by atoms with Gasteiger partial charge in [0.1, 0.15) is 0 Å². The smallest absolute Gasteiger partial charge is 0.371 e. The van der Waals surface area contributed by atoms with Crippen molar-refractivity contribution in [1.82, 2.24) is 20.0 Å². The molecule has 102 valence electrons. The Morgan fingerprint density at radius 2 is 1.95 bits per heavy atom. The van der Waals surface area contributed by atoms with Crippen LogP contribution in [0.5, 0.6) is 0 Å². The molecule has 8 heteroatoms. The van der Waals surface area contributed by atoms with Gasteiger partial charge in [-0.15, -0.1) is 5.10 Å². The molecule has 0 atom stereocenters. The van der Waals surface area contributed by atoms with Crippen LogP contribution in [0.4, 0.5) is 0 Å². The van der Waals surface area contributed by atoms with Crippen LogP contribution in [-0.2, 0) is 11.3 Å². The molecule has 0 aliphatic carbocycles. The van der Waals surface area contributed by atoms with Gasteiger partial charge in [-0.3, -0.25) is 9.78 Å². The van der Waals surface area contributed by atoms with E-state index in [1.165, 1.54) is 11.0 Å². The van der Waals surface area contributed by atoms with E-state index in [1.54, 1.807) is 24.5 Å². The van der Waals surface area contributed by atoms with Crippen LogP contribution in [0.3, 0.4) is 0 Å². The molecule has 2 aromatic rings. The van der Waals surface area contributed by atoms with Gasteiger partial charge in [-0.25, -0.2) is 4.79 Å². The zero-order chi connectivity index (χ0) is 14.5. The van der Waals surface area contributed by atoms with E-state index >= 15 is 0 Å². The minimum atomic E-state index is -1.58. The maximum atomic E-state index is 11.6. The number of aromatic nitrogens is 4. The largest absolute Gasteiger partial charge is 0.502 e. The van der Waals surface area contributed by atoms with E-state index in [2.05, 4.69) is 15.2 Å². The quantitative estimate of drug-likeness (QED) is 0.461. The third-order valence-corrected chi connectivity index (χ3v) is 2.35. The van der Waals surface area contributed by atoms with E-state index < -0.39 is 17.5 Å². The second-order valence-corrected chi connectivity index (χ2v) is 3.81. The van der Waals surface area contributed by atoms with Crippen molar-refractivity contribution in [3.05, 3.63) is 53.8 Å². The molecule has 2 aromatic heterocycles. The Bertz CT molecular complexity index is 663. The van der Waals surface area contributed by atoms with Gasteiger partial charge in [-0.1, -0.05) is 0 Å². The Kier molecular flexibility index (Phi) is 3.85. The summed E-state index contributed by atoms with van der Waals surface area (Å²) in [7, 11) is 0. The summed E-state index contributed by atoms with van der Waals surface area (Å²) in [5, 5.41) is 25.2. The molecule has 0 unspecified atom stereocenters. The zero-order valence-electron chi connectivity index (χ0n) is 10.2. The number of allylic oxidation sites excluding steroid dienone is 1. The van der Waals surface area contributed by atoms with Gasteiger partial charge in [-0.2, -0.15) is 9.90 Å². The summed E-state index contributed by atoms with van der Waals surface area (Å²) in [4.78, 5) is 27.2. The zero-order valence-corrected chi connectivity index (χ0v) is 10.2. The number of carboxylic acid groups (broad SMARTS) is 1. The van der Waals surface area contributed by atoms with Crippen molar-refractivity contribution in [3.8, 4) is 0 Å². The fraction of sp³-hybridized carbons (Fsp3) is 0.0833. The average molecular weight is 274 g/mol. The molecule has 2 heterocycles. The number of nitrogens with zero attached hydrogens (tertiary/aromatic N) is 4. The molecule has 0 spiro atoms. The van der Waals surface area contributed by atoms with E-state index in [0.29, 0.717) is 12.6 Å². The van der Waals surface area contributed by atoms with E-state index in [-0.39, 0.29) is 5.69 Å². The van der Waals surface area contributed by atoms with Crippen LogP contribution in [0.15, 0.2) is 42.6 Å². The lowest BCUT2D eigenvalue weighted by Gasteiger charge is -1.98. The summed E-state index contributed by atoms with van der Waals surface area (Å²) in [6.45, 7) is 0.352. The first kappa shape index (κ1) is 13.4. The summed E-state index contributed by atoms with van der Waals surface area (Å²) in [6.07, 6.45) is 5.04. The van der Waals surface area contributed by atoms with Gasteiger partial charge in [0.05, 0.1) is 12.7 Å². The lowest BCUT2D eigenvalue weighted by atomic mass is 10.2. The highest BCUT2D eigenvalue weighted by molar-refractivity contribution is 6.06. The molecule has 0 aliphatic rings. The molecule has 0 aromatic carbocycles. The Morgan fingerprint density at radius 1 is 1.25 bits per heavy atom. The number of aliphatic hydroxyl groups excluding tert-OH is 1. The van der Waals surface area contributed by atoms with Gasteiger partial charge in [0.25, 0.3) is 0 Å². The fourth-order valence-corrected chi connectivity index (χ4v) is 1.40. The maximum absolute atomic E-state index is 11.6. The number of pyridine rings is 1. The van der Waals surface area contributed by atoms with Gasteiger partial charge >= 0.3 is 5.97 Å². The molecule has 0 fully saturated rings. The molecular weight excluding hydrogens is 264 g/mol. The average Bonchev–Trinajstić information content (AvgIpc) is 2.88. The number of hydrogen-bond acceptors (Lipinski definition) is 6. The third-order valence-electron chi connectivity index (χ3n) is 2.35. The van der Waals surface area contributed by atoms with Crippen molar-refractivity contribution < 1.29 is 19.8 Å². The van der Waals surface area contributed by atoms with Crippen LogP contribution < -0.4 is 0 Å². The van der Waals surface area contributed by atoms with Crippen molar-refractivity contribution in [2.75, 3.05) is 0 Å². The van der Waals surface area contributed by atoms with Crippen molar-refractivity contribution in [2.45, 2.75) is 6.54 Å². The number of carbonyl (C=O) groups is 2. The lowest BCUT2D eigenvalue weighted by molar-refractivity contribution is -0.135. The molecule has 8 nitrogen and oxygen atoms in total. The Balaban J connectivity index is 2.11. The third kappa shape index (κ3) is 3.25. The van der Waals surface area contributed by atoms with Crippen molar-refractivity contribution in [2.24, 2.45) is 0 Å². The Labute approximate surface area is 113 Å². The van der Waals surface area contributed by atoms with E-state index in [1.807, 2.05) is 0 Å². The molecule has 0 saturated carbocycles. The van der Waals surface area contributed by atoms with Crippen molar-refractivity contribution >= 4 is 11.8 Å². The number of hydrogen-bond donors (Lipinski definition) is 2. The first-order valence-corrected chi connectivity index (χ1v) is 5.53. The highest BCUT2D eigenvalue weighted by Gasteiger charge is 2.12. The van der Waals surface area contributed by atoms with Crippen LogP contribution in [0.1, 0.15) is 16.1 Å². The molecule has 0 aliphatic heterocycles. The van der Waals surface area contributed by atoms with E-state index in [9.17, 15) is 9.59 Å². The monoisotopic (exact) mass is 274 g/mol. The van der Waals surface area contributed by atoms with E-state index in [4.69, 9.17) is 10.2 Å². The molecule has 2 rings (SSSR count). The predicted octanol–water partition coefficient (Wildman–Crippen LogP) is 0.431. The van der Waals surface area contributed by atoms with Gasteiger partial charge in [-0.05, 0) is 17.7 Å². The molecule has 0 bridgehead atoms. The standard InChI is InChI=1S/C12H10N4O4/c17-10(5-11(18)12(19)20)9-6-14-16(15-9)7-8-1-3-13-4-2-8/h1-6,18H,7H2,(H,19,20)/b11-5-.